The third-order valence-corrected chi connectivity index (χ3v) is 7.82. The molecule has 0 unspecified atom stereocenters. The smallest absolute Gasteiger partial charge is 0.162 e. The first-order chi connectivity index (χ1) is 15.4. The Balaban J connectivity index is 1.83. The van der Waals surface area contributed by atoms with Gasteiger partial charge in [0, 0.05) is 71.5 Å². The van der Waals surface area contributed by atoms with Gasteiger partial charge in [0.2, 0.25) is 0 Å². The van der Waals surface area contributed by atoms with Crippen LogP contribution in [0.2, 0.25) is 0 Å². The molecule has 1 aromatic heterocycles. The standard InChI is InChI=1S/C29H36N2O2/c1-17(2)31-16-19(18-10-8-9-11-20(18)31)25-26-21(12-28(3,4)14-23(26)32)30(7)22-13-29(5,6)15-24(33)27(22)25/h8-11,16-17,25H,12-15H2,1-7H3. The molecule has 0 spiro atoms. The van der Waals surface area contributed by atoms with E-state index < -0.39 is 0 Å². The maximum Gasteiger partial charge on any atom is 0.162 e. The third-order valence-electron chi connectivity index (χ3n) is 7.82. The number of ketones is 2. The maximum atomic E-state index is 13.7. The Morgan fingerprint density at radius 1 is 0.848 bits per heavy atom. The average molecular weight is 445 g/mol. The van der Waals surface area contributed by atoms with E-state index in [2.05, 4.69) is 88.5 Å². The molecule has 0 N–H and O–H groups in total. The number of para-hydroxylation sites is 1. The maximum absolute atomic E-state index is 13.7. The summed E-state index contributed by atoms with van der Waals surface area (Å²) < 4.78 is 2.29. The summed E-state index contributed by atoms with van der Waals surface area (Å²) in [6, 6.07) is 8.72. The number of Topliss-reactive ketones (excluding diaryl/α,β-unsaturated/α-hetero) is 2. The highest BCUT2D eigenvalue weighted by molar-refractivity contribution is 6.08. The molecular weight excluding hydrogens is 408 g/mol. The van der Waals surface area contributed by atoms with Crippen molar-refractivity contribution in [3.63, 3.8) is 0 Å². The summed E-state index contributed by atoms with van der Waals surface area (Å²) in [5.41, 5.74) is 6.07. The molecule has 33 heavy (non-hydrogen) atoms. The lowest BCUT2D eigenvalue weighted by atomic mass is 9.64. The zero-order valence-corrected chi connectivity index (χ0v) is 21.1. The number of hydrogen-bond acceptors (Lipinski definition) is 3. The van der Waals surface area contributed by atoms with E-state index >= 15 is 0 Å². The van der Waals surface area contributed by atoms with Crippen LogP contribution in [0.5, 0.6) is 0 Å². The molecule has 0 saturated carbocycles. The summed E-state index contributed by atoms with van der Waals surface area (Å²) in [6.07, 6.45) is 4.98. The number of rotatable bonds is 2. The van der Waals surface area contributed by atoms with Crippen molar-refractivity contribution in [1.82, 2.24) is 9.47 Å². The van der Waals surface area contributed by atoms with E-state index in [9.17, 15) is 9.59 Å². The second-order valence-electron chi connectivity index (χ2n) is 12.2. The first kappa shape index (κ1) is 22.2. The second-order valence-corrected chi connectivity index (χ2v) is 12.2. The minimum absolute atomic E-state index is 0.0765. The number of fused-ring (bicyclic) bond motifs is 1. The first-order valence-electron chi connectivity index (χ1n) is 12.3. The first-order valence-corrected chi connectivity index (χ1v) is 12.3. The summed E-state index contributed by atoms with van der Waals surface area (Å²) >= 11 is 0. The van der Waals surface area contributed by atoms with E-state index in [0.717, 1.165) is 51.8 Å². The van der Waals surface area contributed by atoms with E-state index in [1.54, 1.807) is 0 Å². The lowest BCUT2D eigenvalue weighted by molar-refractivity contribution is -0.119. The molecule has 0 amide bonds. The van der Waals surface area contributed by atoms with Gasteiger partial charge in [-0.15, -0.1) is 0 Å². The molecule has 0 radical (unpaired) electrons. The van der Waals surface area contributed by atoms with Gasteiger partial charge in [0.1, 0.15) is 0 Å². The van der Waals surface area contributed by atoms with Gasteiger partial charge >= 0.3 is 0 Å². The van der Waals surface area contributed by atoms with Crippen molar-refractivity contribution < 1.29 is 9.59 Å². The summed E-state index contributed by atoms with van der Waals surface area (Å²) in [4.78, 5) is 29.7. The van der Waals surface area contributed by atoms with Gasteiger partial charge in [0.05, 0.1) is 0 Å². The SMILES string of the molecule is CC(C)n1cc(C2C3=C(CC(C)(C)CC3=O)N(C)C3=C2C(=O)CC(C)(C)C3)c2ccccc21. The quantitative estimate of drug-likeness (QED) is 0.528. The minimum atomic E-state index is -0.275. The summed E-state index contributed by atoms with van der Waals surface area (Å²) in [7, 11) is 2.07. The molecule has 3 aliphatic rings. The van der Waals surface area contributed by atoms with Gasteiger partial charge in [-0.25, -0.2) is 0 Å². The zero-order valence-electron chi connectivity index (χ0n) is 21.1. The largest absolute Gasteiger partial charge is 0.351 e. The number of benzene rings is 1. The van der Waals surface area contributed by atoms with Crippen molar-refractivity contribution in [1.29, 1.82) is 0 Å². The molecule has 2 aromatic rings. The van der Waals surface area contributed by atoms with Crippen LogP contribution in [0.1, 0.15) is 84.7 Å². The summed E-state index contributed by atoms with van der Waals surface area (Å²) in [5, 5.41) is 1.15. The normalized spacial score (nSPS) is 23.0. The molecule has 1 aromatic carbocycles. The average Bonchev–Trinajstić information content (AvgIpc) is 3.08. The Hall–Kier alpha value is -2.62. The number of carbonyl (C=O) groups is 2. The lowest BCUT2D eigenvalue weighted by Crippen LogP contribution is -2.43. The van der Waals surface area contributed by atoms with Gasteiger partial charge in [-0.3, -0.25) is 9.59 Å². The van der Waals surface area contributed by atoms with Gasteiger partial charge in [-0.2, -0.15) is 0 Å². The van der Waals surface area contributed by atoms with Crippen LogP contribution in [0.4, 0.5) is 0 Å². The molecule has 1 aliphatic heterocycles. The predicted molar refractivity (Wildman–Crippen MR) is 133 cm³/mol. The van der Waals surface area contributed by atoms with Crippen molar-refractivity contribution >= 4 is 22.5 Å². The Bertz CT molecular complexity index is 1200. The molecule has 4 nitrogen and oxygen atoms in total. The Kier molecular flexibility index (Phi) is 4.83. The Morgan fingerprint density at radius 2 is 1.36 bits per heavy atom. The molecule has 5 rings (SSSR count). The zero-order chi connectivity index (χ0) is 23.9. The number of nitrogens with zero attached hydrogens (tertiary/aromatic N) is 2. The summed E-state index contributed by atoms with van der Waals surface area (Å²) in [5.74, 6) is 0.121. The van der Waals surface area contributed by atoms with E-state index in [1.807, 2.05) is 0 Å². The Labute approximate surface area is 197 Å². The van der Waals surface area contributed by atoms with Crippen LogP contribution in [0.25, 0.3) is 10.9 Å². The fraction of sp³-hybridized carbons (Fsp3) is 0.517. The molecule has 0 bridgehead atoms. The van der Waals surface area contributed by atoms with Crippen molar-refractivity contribution in [2.24, 2.45) is 10.8 Å². The van der Waals surface area contributed by atoms with Crippen LogP contribution in [-0.4, -0.2) is 28.1 Å². The van der Waals surface area contributed by atoms with E-state index in [-0.39, 0.29) is 28.3 Å². The fourth-order valence-corrected chi connectivity index (χ4v) is 6.36. The van der Waals surface area contributed by atoms with Crippen molar-refractivity contribution in [3.8, 4) is 0 Å². The second kappa shape index (κ2) is 7.19. The minimum Gasteiger partial charge on any atom is -0.351 e. The van der Waals surface area contributed by atoms with E-state index in [4.69, 9.17) is 0 Å². The fourth-order valence-electron chi connectivity index (χ4n) is 6.36. The molecular formula is C29H36N2O2. The van der Waals surface area contributed by atoms with E-state index in [1.165, 1.54) is 0 Å². The van der Waals surface area contributed by atoms with Crippen LogP contribution in [0.15, 0.2) is 53.0 Å². The van der Waals surface area contributed by atoms with Gasteiger partial charge < -0.3 is 9.47 Å². The number of carbonyl (C=O) groups excluding carboxylic acids is 2. The van der Waals surface area contributed by atoms with Crippen molar-refractivity contribution in [2.45, 2.75) is 79.2 Å². The monoisotopic (exact) mass is 444 g/mol. The summed E-state index contributed by atoms with van der Waals surface area (Å²) in [6.45, 7) is 13.1. The molecule has 0 fully saturated rings. The highest BCUT2D eigenvalue weighted by Gasteiger charge is 2.48. The van der Waals surface area contributed by atoms with Crippen LogP contribution in [0, 0.1) is 10.8 Å². The van der Waals surface area contributed by atoms with Crippen LogP contribution in [0.3, 0.4) is 0 Å². The number of allylic oxidation sites excluding steroid dienone is 4. The van der Waals surface area contributed by atoms with Crippen LogP contribution < -0.4 is 0 Å². The molecule has 0 saturated heterocycles. The van der Waals surface area contributed by atoms with E-state index in [0.29, 0.717) is 18.9 Å². The highest BCUT2D eigenvalue weighted by atomic mass is 16.1. The van der Waals surface area contributed by atoms with Crippen molar-refractivity contribution in [3.05, 3.63) is 58.6 Å². The molecule has 2 heterocycles. The number of hydrogen-bond donors (Lipinski definition) is 0. The number of aromatic nitrogens is 1. The lowest BCUT2D eigenvalue weighted by Gasteiger charge is -2.47. The van der Waals surface area contributed by atoms with Crippen LogP contribution in [-0.2, 0) is 9.59 Å². The van der Waals surface area contributed by atoms with Crippen LogP contribution >= 0.6 is 0 Å². The molecule has 174 valence electrons. The topological polar surface area (TPSA) is 42.3 Å². The third kappa shape index (κ3) is 3.41. The molecule has 4 heteroatoms. The van der Waals surface area contributed by atoms with Crippen molar-refractivity contribution in [2.75, 3.05) is 7.05 Å². The van der Waals surface area contributed by atoms with Gasteiger partial charge in [0.15, 0.2) is 11.6 Å². The van der Waals surface area contributed by atoms with Gasteiger partial charge in [-0.05, 0) is 49.1 Å². The molecule has 0 atom stereocenters. The predicted octanol–water partition coefficient (Wildman–Crippen LogP) is 6.54. The van der Waals surface area contributed by atoms with Gasteiger partial charge in [-0.1, -0.05) is 45.9 Å². The highest BCUT2D eigenvalue weighted by Crippen LogP contribution is 2.54. The van der Waals surface area contributed by atoms with Gasteiger partial charge in [0.25, 0.3) is 0 Å². The Morgan fingerprint density at radius 3 is 1.88 bits per heavy atom. The molecule has 2 aliphatic carbocycles.